The second-order valence-corrected chi connectivity index (χ2v) is 3.80. The predicted octanol–water partition coefficient (Wildman–Crippen LogP) is 2.56. The van der Waals surface area contributed by atoms with Crippen molar-refractivity contribution in [3.63, 3.8) is 0 Å². The fraction of sp³-hybridized carbons (Fsp3) is 1.00. The first-order valence-corrected chi connectivity index (χ1v) is 6.05. The van der Waals surface area contributed by atoms with Crippen molar-refractivity contribution < 1.29 is 18.9 Å². The normalized spacial score (nSPS) is 13.1. The Kier molecular flexibility index (Phi) is 7.15. The number of hydrogen-bond acceptors (Lipinski definition) is 4. The van der Waals surface area contributed by atoms with Crippen molar-refractivity contribution in [2.45, 2.75) is 53.1 Å². The molecule has 0 aromatic heterocycles. The molecule has 0 N–H and O–H groups in total. The van der Waals surface area contributed by atoms with E-state index >= 15 is 0 Å². The molecule has 0 spiro atoms. The van der Waals surface area contributed by atoms with Crippen molar-refractivity contribution in [3.05, 3.63) is 0 Å². The molecule has 0 rings (SSSR count). The third-order valence-corrected chi connectivity index (χ3v) is 2.25. The van der Waals surface area contributed by atoms with Crippen LogP contribution in [-0.4, -0.2) is 38.0 Å². The maximum atomic E-state index is 5.68. The van der Waals surface area contributed by atoms with Crippen LogP contribution in [0.25, 0.3) is 0 Å². The molecule has 98 valence electrons. The first-order chi connectivity index (χ1) is 7.49. The molecule has 4 nitrogen and oxygen atoms in total. The van der Waals surface area contributed by atoms with Gasteiger partial charge in [-0.2, -0.15) is 0 Å². The Hall–Kier alpha value is -0.160. The van der Waals surface area contributed by atoms with Gasteiger partial charge in [0, 0.05) is 26.4 Å². The van der Waals surface area contributed by atoms with Crippen LogP contribution in [0.4, 0.5) is 0 Å². The van der Waals surface area contributed by atoms with Crippen molar-refractivity contribution in [1.29, 1.82) is 0 Å². The number of ether oxygens (including phenoxy) is 4. The van der Waals surface area contributed by atoms with Gasteiger partial charge in [-0.25, -0.2) is 0 Å². The van der Waals surface area contributed by atoms with Crippen LogP contribution in [0.15, 0.2) is 0 Å². The maximum Gasteiger partial charge on any atom is 0.313 e. The minimum Gasteiger partial charge on any atom is -0.367 e. The van der Waals surface area contributed by atoms with Gasteiger partial charge in [0.15, 0.2) is 0 Å². The molecule has 0 aromatic carbocycles. The zero-order valence-corrected chi connectivity index (χ0v) is 11.5. The summed E-state index contributed by atoms with van der Waals surface area (Å²) in [6.45, 7) is 13.6. The van der Waals surface area contributed by atoms with Crippen LogP contribution in [0, 0.1) is 0 Å². The first-order valence-electron chi connectivity index (χ1n) is 6.05. The van der Waals surface area contributed by atoms with E-state index in [4.69, 9.17) is 18.9 Å². The highest BCUT2D eigenvalue weighted by Crippen LogP contribution is 2.32. The highest BCUT2D eigenvalue weighted by Gasteiger charge is 2.50. The van der Waals surface area contributed by atoms with Crippen LogP contribution < -0.4 is 0 Å². The summed E-state index contributed by atoms with van der Waals surface area (Å²) in [5.74, 6) is -1.12. The van der Waals surface area contributed by atoms with Gasteiger partial charge in [-0.05, 0) is 41.5 Å². The quantitative estimate of drug-likeness (QED) is 0.575. The van der Waals surface area contributed by atoms with E-state index in [0.29, 0.717) is 26.4 Å². The Morgan fingerprint density at radius 1 is 0.625 bits per heavy atom. The molecule has 0 aliphatic rings. The Balaban J connectivity index is 4.96. The predicted molar refractivity (Wildman–Crippen MR) is 63.3 cm³/mol. The van der Waals surface area contributed by atoms with Crippen LogP contribution in [-0.2, 0) is 18.9 Å². The average molecular weight is 234 g/mol. The lowest BCUT2D eigenvalue weighted by atomic mass is 10.1. The number of rotatable bonds is 9. The monoisotopic (exact) mass is 234 g/mol. The van der Waals surface area contributed by atoms with Crippen molar-refractivity contribution in [3.8, 4) is 0 Å². The van der Waals surface area contributed by atoms with E-state index in [-0.39, 0.29) is 0 Å². The second kappa shape index (κ2) is 7.22. The van der Waals surface area contributed by atoms with Crippen LogP contribution in [0.1, 0.15) is 41.5 Å². The van der Waals surface area contributed by atoms with E-state index in [2.05, 4.69) is 0 Å². The third-order valence-electron chi connectivity index (χ3n) is 2.25. The Labute approximate surface area is 99.2 Å². The van der Waals surface area contributed by atoms with Gasteiger partial charge in [-0.3, -0.25) is 0 Å². The molecule has 0 aromatic rings. The fourth-order valence-corrected chi connectivity index (χ4v) is 1.67. The summed E-state index contributed by atoms with van der Waals surface area (Å²) in [4.78, 5) is 0. The first kappa shape index (κ1) is 15.8. The molecule has 0 saturated heterocycles. The summed E-state index contributed by atoms with van der Waals surface area (Å²) >= 11 is 0. The van der Waals surface area contributed by atoms with Crippen LogP contribution in [0.3, 0.4) is 0 Å². The van der Waals surface area contributed by atoms with Crippen molar-refractivity contribution in [1.82, 2.24) is 0 Å². The molecule has 0 aliphatic carbocycles. The molecule has 0 heterocycles. The molecular formula is C12H26O4. The largest absolute Gasteiger partial charge is 0.367 e. The van der Waals surface area contributed by atoms with E-state index in [1.165, 1.54) is 0 Å². The van der Waals surface area contributed by atoms with Crippen molar-refractivity contribution >= 4 is 0 Å². The Bertz CT molecular complexity index is 163. The van der Waals surface area contributed by atoms with Gasteiger partial charge >= 0.3 is 5.97 Å². The standard InChI is InChI=1S/C12H26O4/c1-7-13-11(5,6)12(14-8-2,15-9-3)16-10-4/h7-10H2,1-6H3. The molecule has 0 atom stereocenters. The highest BCUT2D eigenvalue weighted by atomic mass is 16.9. The SMILES string of the molecule is CCOC(C)(C)C(OCC)(OCC)OCC. The van der Waals surface area contributed by atoms with E-state index in [9.17, 15) is 0 Å². The van der Waals surface area contributed by atoms with Gasteiger partial charge in [-0.15, -0.1) is 0 Å². The molecule has 0 radical (unpaired) electrons. The molecular weight excluding hydrogens is 208 g/mol. The Morgan fingerprint density at radius 2 is 0.938 bits per heavy atom. The van der Waals surface area contributed by atoms with Gasteiger partial charge in [-0.1, -0.05) is 0 Å². The van der Waals surface area contributed by atoms with Gasteiger partial charge < -0.3 is 18.9 Å². The molecule has 0 bridgehead atoms. The lowest BCUT2D eigenvalue weighted by molar-refractivity contribution is -0.437. The van der Waals surface area contributed by atoms with E-state index < -0.39 is 11.6 Å². The van der Waals surface area contributed by atoms with E-state index in [0.717, 1.165) is 0 Å². The topological polar surface area (TPSA) is 36.9 Å². The summed E-state index contributed by atoms with van der Waals surface area (Å²) in [5.41, 5.74) is -0.649. The molecule has 0 fully saturated rings. The third kappa shape index (κ3) is 3.70. The lowest BCUT2D eigenvalue weighted by Crippen LogP contribution is -2.57. The molecule has 16 heavy (non-hydrogen) atoms. The summed E-state index contributed by atoms with van der Waals surface area (Å²) in [6.07, 6.45) is 0. The van der Waals surface area contributed by atoms with E-state index in [1.54, 1.807) is 0 Å². The molecule has 0 saturated carbocycles. The molecule has 0 unspecified atom stereocenters. The highest BCUT2D eigenvalue weighted by molar-refractivity contribution is 4.82. The fourth-order valence-electron chi connectivity index (χ4n) is 1.67. The minimum atomic E-state index is -1.12. The summed E-state index contributed by atoms with van der Waals surface area (Å²) in [5, 5.41) is 0. The smallest absolute Gasteiger partial charge is 0.313 e. The van der Waals surface area contributed by atoms with Gasteiger partial charge in [0.1, 0.15) is 5.60 Å². The van der Waals surface area contributed by atoms with Gasteiger partial charge in [0.05, 0.1) is 0 Å². The van der Waals surface area contributed by atoms with Crippen LogP contribution in [0.2, 0.25) is 0 Å². The summed E-state index contributed by atoms with van der Waals surface area (Å²) < 4.78 is 22.7. The summed E-state index contributed by atoms with van der Waals surface area (Å²) in [6, 6.07) is 0. The molecule has 4 heteroatoms. The van der Waals surface area contributed by atoms with Gasteiger partial charge in [0.2, 0.25) is 0 Å². The van der Waals surface area contributed by atoms with E-state index in [1.807, 2.05) is 41.5 Å². The molecule has 0 aliphatic heterocycles. The number of hydrogen-bond donors (Lipinski definition) is 0. The lowest BCUT2D eigenvalue weighted by Gasteiger charge is -2.43. The van der Waals surface area contributed by atoms with Crippen LogP contribution >= 0.6 is 0 Å². The van der Waals surface area contributed by atoms with Crippen molar-refractivity contribution in [2.75, 3.05) is 26.4 Å². The average Bonchev–Trinajstić information content (AvgIpc) is 2.18. The molecule has 0 amide bonds. The van der Waals surface area contributed by atoms with Crippen molar-refractivity contribution in [2.24, 2.45) is 0 Å². The minimum absolute atomic E-state index is 0.510. The zero-order valence-electron chi connectivity index (χ0n) is 11.5. The second-order valence-electron chi connectivity index (χ2n) is 3.80. The van der Waals surface area contributed by atoms with Gasteiger partial charge in [0.25, 0.3) is 0 Å². The zero-order chi connectivity index (χ0) is 12.7. The Morgan fingerprint density at radius 3 is 1.19 bits per heavy atom. The summed E-state index contributed by atoms with van der Waals surface area (Å²) in [7, 11) is 0. The maximum absolute atomic E-state index is 5.68. The van der Waals surface area contributed by atoms with Crippen LogP contribution in [0.5, 0.6) is 0 Å².